The molecule has 0 atom stereocenters. The van der Waals surface area contributed by atoms with Gasteiger partial charge < -0.3 is 15.3 Å². The molecule has 2 aromatic rings. The van der Waals surface area contributed by atoms with E-state index >= 15 is 0 Å². The van der Waals surface area contributed by atoms with Crippen LogP contribution in [0, 0.1) is 10.1 Å². The Morgan fingerprint density at radius 2 is 1.92 bits per heavy atom. The maximum atomic E-state index is 11.9. The summed E-state index contributed by atoms with van der Waals surface area (Å²) in [7, 11) is 0. The topological polar surface area (TPSA) is 117 Å². The third-order valence-corrected chi connectivity index (χ3v) is 3.14. The highest BCUT2D eigenvalue weighted by Crippen LogP contribution is 2.15. The number of rotatable bonds is 7. The van der Waals surface area contributed by atoms with Crippen LogP contribution < -0.4 is 10.5 Å². The number of hydrogen-bond acceptors (Lipinski definition) is 6. The highest BCUT2D eigenvalue weighted by atomic mass is 16.7. The third kappa shape index (κ3) is 5.03. The number of nitro groups is 1. The Morgan fingerprint density at radius 3 is 2.56 bits per heavy atom. The van der Waals surface area contributed by atoms with Crippen LogP contribution in [0.5, 0.6) is 5.75 Å². The van der Waals surface area contributed by atoms with Crippen LogP contribution in [-0.4, -0.2) is 23.3 Å². The van der Waals surface area contributed by atoms with Crippen LogP contribution >= 0.6 is 0 Å². The van der Waals surface area contributed by atoms with E-state index in [2.05, 4.69) is 5.16 Å². The molecule has 0 radical (unpaired) electrons. The Labute approximate surface area is 144 Å². The zero-order valence-corrected chi connectivity index (χ0v) is 13.5. The Hall–Kier alpha value is -3.42. The number of nitrogens with zero attached hydrogens (tertiary/aromatic N) is 2. The van der Waals surface area contributed by atoms with Crippen molar-refractivity contribution in [2.75, 3.05) is 6.61 Å². The first-order valence-electron chi connectivity index (χ1n) is 7.53. The number of carbonyl (C=O) groups is 1. The number of benzene rings is 2. The monoisotopic (exact) mass is 343 g/mol. The molecule has 0 aliphatic rings. The molecule has 8 heteroatoms. The van der Waals surface area contributed by atoms with E-state index in [9.17, 15) is 14.9 Å². The summed E-state index contributed by atoms with van der Waals surface area (Å²) in [5, 5.41) is 14.3. The van der Waals surface area contributed by atoms with E-state index < -0.39 is 10.9 Å². The van der Waals surface area contributed by atoms with Gasteiger partial charge in [-0.3, -0.25) is 10.1 Å². The molecular formula is C17H17N3O5. The van der Waals surface area contributed by atoms with Gasteiger partial charge in [0.05, 0.1) is 17.1 Å². The van der Waals surface area contributed by atoms with Gasteiger partial charge in [0.25, 0.3) is 5.69 Å². The van der Waals surface area contributed by atoms with Crippen molar-refractivity contribution in [2.45, 2.75) is 13.3 Å². The second kappa shape index (κ2) is 8.44. The largest absolute Gasteiger partial charge is 0.494 e. The molecule has 2 rings (SSSR count). The van der Waals surface area contributed by atoms with Gasteiger partial charge in [-0.25, -0.2) is 4.79 Å². The predicted molar refractivity (Wildman–Crippen MR) is 91.5 cm³/mol. The Bertz CT molecular complexity index is 787. The number of ether oxygens (including phenoxy) is 1. The summed E-state index contributed by atoms with van der Waals surface area (Å²) < 4.78 is 5.42. The summed E-state index contributed by atoms with van der Waals surface area (Å²) in [5.74, 6) is -0.187. The van der Waals surface area contributed by atoms with Crippen molar-refractivity contribution < 1.29 is 19.3 Å². The Kier molecular flexibility index (Phi) is 6.05. The molecule has 2 N–H and O–H groups in total. The molecule has 0 saturated heterocycles. The van der Waals surface area contributed by atoms with Gasteiger partial charge >= 0.3 is 5.97 Å². The molecule has 8 nitrogen and oxygen atoms in total. The smallest absolute Gasteiger partial charge is 0.365 e. The summed E-state index contributed by atoms with van der Waals surface area (Å²) in [6.45, 7) is 2.59. The lowest BCUT2D eigenvalue weighted by Gasteiger charge is -2.05. The SMILES string of the molecule is CCCOc1ccc(C(=O)O/N=C(/N)c2cccc([N+](=O)[O-])c2)cc1. The molecule has 2 aromatic carbocycles. The first-order valence-corrected chi connectivity index (χ1v) is 7.53. The molecular weight excluding hydrogens is 326 g/mol. The van der Waals surface area contributed by atoms with Crippen LogP contribution in [0.2, 0.25) is 0 Å². The molecule has 25 heavy (non-hydrogen) atoms. The summed E-state index contributed by atoms with van der Waals surface area (Å²) in [6, 6.07) is 12.0. The summed E-state index contributed by atoms with van der Waals surface area (Å²) in [4.78, 5) is 26.9. The summed E-state index contributed by atoms with van der Waals surface area (Å²) in [6.07, 6.45) is 0.884. The van der Waals surface area contributed by atoms with E-state index in [1.54, 1.807) is 24.3 Å². The molecule has 0 fully saturated rings. The lowest BCUT2D eigenvalue weighted by atomic mass is 10.2. The van der Waals surface area contributed by atoms with Gasteiger partial charge in [-0.15, -0.1) is 0 Å². The van der Waals surface area contributed by atoms with E-state index in [1.165, 1.54) is 24.3 Å². The number of hydrogen-bond donors (Lipinski definition) is 1. The van der Waals surface area contributed by atoms with E-state index in [1.807, 2.05) is 6.92 Å². The molecule has 0 aromatic heterocycles. The minimum absolute atomic E-state index is 0.135. The summed E-state index contributed by atoms with van der Waals surface area (Å²) in [5.41, 5.74) is 6.12. The van der Waals surface area contributed by atoms with E-state index in [0.29, 0.717) is 12.4 Å². The van der Waals surface area contributed by atoms with Crippen LogP contribution in [0.3, 0.4) is 0 Å². The first kappa shape index (κ1) is 17.9. The van der Waals surface area contributed by atoms with Gasteiger partial charge in [-0.05, 0) is 30.7 Å². The number of nitro benzene ring substituents is 1. The fraction of sp³-hybridized carbons (Fsp3) is 0.176. The van der Waals surface area contributed by atoms with Gasteiger partial charge in [-0.1, -0.05) is 24.2 Å². The molecule has 0 heterocycles. The minimum Gasteiger partial charge on any atom is -0.494 e. The van der Waals surface area contributed by atoms with Crippen molar-refractivity contribution in [2.24, 2.45) is 10.9 Å². The van der Waals surface area contributed by atoms with Crippen LogP contribution in [0.4, 0.5) is 5.69 Å². The lowest BCUT2D eigenvalue weighted by molar-refractivity contribution is -0.384. The minimum atomic E-state index is -0.699. The molecule has 0 amide bonds. The fourth-order valence-corrected chi connectivity index (χ4v) is 1.88. The molecule has 0 saturated carbocycles. The number of non-ortho nitro benzene ring substituents is 1. The Balaban J connectivity index is 2.03. The van der Waals surface area contributed by atoms with Crippen LogP contribution in [-0.2, 0) is 4.84 Å². The number of oxime groups is 1. The maximum absolute atomic E-state index is 11.9. The van der Waals surface area contributed by atoms with Crippen molar-refractivity contribution in [3.05, 3.63) is 69.8 Å². The zero-order chi connectivity index (χ0) is 18.2. The normalized spacial score (nSPS) is 11.0. The Morgan fingerprint density at radius 1 is 1.20 bits per heavy atom. The van der Waals surface area contributed by atoms with Gasteiger partial charge in [0, 0.05) is 17.7 Å². The predicted octanol–water partition coefficient (Wildman–Crippen LogP) is 2.86. The number of nitrogens with two attached hydrogens (primary N) is 1. The van der Waals surface area contributed by atoms with E-state index in [-0.39, 0.29) is 22.6 Å². The molecule has 0 bridgehead atoms. The number of amidine groups is 1. The van der Waals surface area contributed by atoms with Gasteiger partial charge in [0.1, 0.15) is 5.75 Å². The average molecular weight is 343 g/mol. The van der Waals surface area contributed by atoms with E-state index in [0.717, 1.165) is 6.42 Å². The quantitative estimate of drug-likeness (QED) is 0.271. The van der Waals surface area contributed by atoms with Crippen molar-refractivity contribution in [1.82, 2.24) is 0 Å². The van der Waals surface area contributed by atoms with Gasteiger partial charge in [0.2, 0.25) is 0 Å². The van der Waals surface area contributed by atoms with Crippen molar-refractivity contribution in [3.63, 3.8) is 0 Å². The number of carbonyl (C=O) groups excluding carboxylic acids is 1. The van der Waals surface area contributed by atoms with Crippen molar-refractivity contribution in [3.8, 4) is 5.75 Å². The standard InChI is InChI=1S/C17H17N3O5/c1-2-10-24-15-8-6-12(7-9-15)17(21)25-19-16(18)13-4-3-5-14(11-13)20(22)23/h3-9,11H,2,10H2,1H3,(H2,18,19). The van der Waals surface area contributed by atoms with Crippen molar-refractivity contribution >= 4 is 17.5 Å². The third-order valence-electron chi connectivity index (χ3n) is 3.14. The zero-order valence-electron chi connectivity index (χ0n) is 13.5. The fourth-order valence-electron chi connectivity index (χ4n) is 1.88. The lowest BCUT2D eigenvalue weighted by Crippen LogP contribution is -2.15. The average Bonchev–Trinajstić information content (AvgIpc) is 2.64. The van der Waals surface area contributed by atoms with Crippen LogP contribution in [0.1, 0.15) is 29.3 Å². The second-order valence-corrected chi connectivity index (χ2v) is 5.04. The molecule has 0 spiro atoms. The van der Waals surface area contributed by atoms with Crippen LogP contribution in [0.25, 0.3) is 0 Å². The summed E-state index contributed by atoms with van der Waals surface area (Å²) >= 11 is 0. The molecule has 0 aliphatic carbocycles. The molecule has 130 valence electrons. The maximum Gasteiger partial charge on any atom is 0.365 e. The first-order chi connectivity index (χ1) is 12.0. The van der Waals surface area contributed by atoms with Gasteiger partial charge in [-0.2, -0.15) is 0 Å². The highest BCUT2D eigenvalue weighted by molar-refractivity contribution is 5.98. The van der Waals surface area contributed by atoms with Crippen LogP contribution in [0.15, 0.2) is 53.7 Å². The van der Waals surface area contributed by atoms with Crippen molar-refractivity contribution in [1.29, 1.82) is 0 Å². The van der Waals surface area contributed by atoms with Gasteiger partial charge in [0.15, 0.2) is 5.84 Å². The molecule has 0 aliphatic heterocycles. The second-order valence-electron chi connectivity index (χ2n) is 5.04. The highest BCUT2D eigenvalue weighted by Gasteiger charge is 2.11. The molecule has 0 unspecified atom stereocenters. The van der Waals surface area contributed by atoms with E-state index in [4.69, 9.17) is 15.3 Å².